The van der Waals surface area contributed by atoms with E-state index in [0.717, 1.165) is 19.1 Å². The van der Waals surface area contributed by atoms with E-state index in [4.69, 9.17) is 4.74 Å². The van der Waals surface area contributed by atoms with Crippen molar-refractivity contribution in [1.29, 1.82) is 0 Å². The van der Waals surface area contributed by atoms with Gasteiger partial charge in [-0.15, -0.1) is 11.3 Å². The van der Waals surface area contributed by atoms with Gasteiger partial charge in [0.05, 0.1) is 22.9 Å². The average Bonchev–Trinajstić information content (AvgIpc) is 3.14. The van der Waals surface area contributed by atoms with Crippen molar-refractivity contribution >= 4 is 27.8 Å². The largest absolute Gasteiger partial charge is 0.376 e. The number of hydrogen-bond acceptors (Lipinski definition) is 5. The van der Waals surface area contributed by atoms with Gasteiger partial charge in [0, 0.05) is 13.2 Å². The fourth-order valence-electron chi connectivity index (χ4n) is 3.29. The molecular formula is C18H24N2O4S. The summed E-state index contributed by atoms with van der Waals surface area (Å²) < 4.78 is 8.62. The van der Waals surface area contributed by atoms with E-state index in [-0.39, 0.29) is 22.8 Å². The number of thiophene rings is 1. The molecule has 3 heterocycles. The van der Waals surface area contributed by atoms with Crippen molar-refractivity contribution in [1.82, 2.24) is 9.13 Å². The van der Waals surface area contributed by atoms with Crippen LogP contribution in [0.4, 0.5) is 0 Å². The molecule has 6 nitrogen and oxygen atoms in total. The summed E-state index contributed by atoms with van der Waals surface area (Å²) in [5.41, 5.74) is -0.179. The Bertz CT molecular complexity index is 924. The molecule has 1 unspecified atom stereocenters. The summed E-state index contributed by atoms with van der Waals surface area (Å²) in [5, 5.41) is 0.481. The SMILES string of the molecule is Cc1c(C=O)sc2c1c(=O)n(CC(C)(C)C)c(=O)n2CC1CCCO1. The summed E-state index contributed by atoms with van der Waals surface area (Å²) in [5.74, 6) is 0. The molecule has 2 aromatic rings. The van der Waals surface area contributed by atoms with Gasteiger partial charge in [0.15, 0.2) is 6.29 Å². The normalized spacial score (nSPS) is 18.2. The zero-order valence-corrected chi connectivity index (χ0v) is 15.9. The summed E-state index contributed by atoms with van der Waals surface area (Å²) in [6, 6.07) is 0. The molecule has 7 heteroatoms. The van der Waals surface area contributed by atoms with Gasteiger partial charge in [-0.3, -0.25) is 18.7 Å². The Hall–Kier alpha value is -1.73. The Balaban J connectivity index is 2.28. The third kappa shape index (κ3) is 3.35. The molecule has 1 aliphatic rings. The second-order valence-corrected chi connectivity index (χ2v) is 8.90. The lowest BCUT2D eigenvalue weighted by Crippen LogP contribution is -2.43. The molecule has 1 saturated heterocycles. The molecular weight excluding hydrogens is 340 g/mol. The maximum absolute atomic E-state index is 13.1. The Morgan fingerprint density at radius 1 is 1.28 bits per heavy atom. The number of aromatic nitrogens is 2. The molecule has 0 spiro atoms. The summed E-state index contributed by atoms with van der Waals surface area (Å²) in [6.45, 7) is 9.19. The van der Waals surface area contributed by atoms with Gasteiger partial charge in [-0.1, -0.05) is 20.8 Å². The van der Waals surface area contributed by atoms with Crippen molar-refractivity contribution < 1.29 is 9.53 Å². The van der Waals surface area contributed by atoms with E-state index in [2.05, 4.69) is 0 Å². The second kappa shape index (κ2) is 6.53. The van der Waals surface area contributed by atoms with Crippen LogP contribution in [0.15, 0.2) is 9.59 Å². The van der Waals surface area contributed by atoms with Gasteiger partial charge in [0.2, 0.25) is 0 Å². The molecule has 0 N–H and O–H groups in total. The number of carbonyl (C=O) groups is 1. The van der Waals surface area contributed by atoms with Gasteiger partial charge in [-0.05, 0) is 30.7 Å². The fourth-order valence-corrected chi connectivity index (χ4v) is 4.41. The predicted molar refractivity (Wildman–Crippen MR) is 98.9 cm³/mol. The summed E-state index contributed by atoms with van der Waals surface area (Å²) >= 11 is 1.21. The standard InChI is InChI=1S/C18H24N2O4S/c1-11-13(9-21)25-16-14(11)15(22)20(10-18(2,3)4)17(23)19(16)8-12-6-5-7-24-12/h9,12H,5-8,10H2,1-4H3. The van der Waals surface area contributed by atoms with Crippen LogP contribution in [0, 0.1) is 12.3 Å². The first kappa shape index (κ1) is 18.1. The van der Waals surface area contributed by atoms with Gasteiger partial charge >= 0.3 is 5.69 Å². The zero-order valence-electron chi connectivity index (χ0n) is 15.1. The molecule has 0 bridgehead atoms. The minimum Gasteiger partial charge on any atom is -0.376 e. The first-order valence-electron chi connectivity index (χ1n) is 8.56. The minimum atomic E-state index is -0.318. The molecule has 1 aliphatic heterocycles. The zero-order chi connectivity index (χ0) is 18.4. The van der Waals surface area contributed by atoms with E-state index in [9.17, 15) is 14.4 Å². The monoisotopic (exact) mass is 364 g/mol. The lowest BCUT2D eigenvalue weighted by molar-refractivity contribution is 0.0964. The van der Waals surface area contributed by atoms with E-state index in [1.807, 2.05) is 20.8 Å². The smallest absolute Gasteiger partial charge is 0.332 e. The highest BCUT2D eigenvalue weighted by Crippen LogP contribution is 2.27. The summed E-state index contributed by atoms with van der Waals surface area (Å²) in [4.78, 5) is 38.5. The van der Waals surface area contributed by atoms with E-state index in [0.29, 0.717) is 40.4 Å². The van der Waals surface area contributed by atoms with Gasteiger partial charge in [-0.25, -0.2) is 4.79 Å². The van der Waals surface area contributed by atoms with E-state index < -0.39 is 0 Å². The van der Waals surface area contributed by atoms with Crippen molar-refractivity contribution in [2.24, 2.45) is 5.41 Å². The molecule has 3 rings (SSSR count). The van der Waals surface area contributed by atoms with Crippen molar-refractivity contribution in [3.8, 4) is 0 Å². The number of ether oxygens (including phenoxy) is 1. The fraction of sp³-hybridized carbons (Fsp3) is 0.611. The maximum Gasteiger partial charge on any atom is 0.332 e. The lowest BCUT2D eigenvalue weighted by Gasteiger charge is -2.21. The predicted octanol–water partition coefficient (Wildman–Crippen LogP) is 2.57. The van der Waals surface area contributed by atoms with Crippen LogP contribution in [-0.2, 0) is 17.8 Å². The quantitative estimate of drug-likeness (QED) is 0.782. The third-order valence-electron chi connectivity index (χ3n) is 4.48. The van der Waals surface area contributed by atoms with Gasteiger partial charge in [0.25, 0.3) is 5.56 Å². The summed E-state index contributed by atoms with van der Waals surface area (Å²) in [6.07, 6.45) is 2.61. The highest BCUT2D eigenvalue weighted by Gasteiger charge is 2.25. The highest BCUT2D eigenvalue weighted by atomic mass is 32.1. The van der Waals surface area contributed by atoms with Crippen LogP contribution >= 0.6 is 11.3 Å². The summed E-state index contributed by atoms with van der Waals surface area (Å²) in [7, 11) is 0. The first-order valence-corrected chi connectivity index (χ1v) is 9.38. The number of nitrogens with zero attached hydrogens (tertiary/aromatic N) is 2. The topological polar surface area (TPSA) is 70.3 Å². The van der Waals surface area contributed by atoms with Crippen LogP contribution in [0.5, 0.6) is 0 Å². The van der Waals surface area contributed by atoms with Gasteiger partial charge < -0.3 is 4.74 Å². The van der Waals surface area contributed by atoms with Crippen molar-refractivity contribution in [2.45, 2.75) is 59.7 Å². The minimum absolute atomic E-state index is 0.0245. The number of fused-ring (bicyclic) bond motifs is 1. The van der Waals surface area contributed by atoms with E-state index in [1.54, 1.807) is 11.5 Å². The molecule has 25 heavy (non-hydrogen) atoms. The number of hydrogen-bond donors (Lipinski definition) is 0. The first-order chi connectivity index (χ1) is 11.7. The number of carbonyl (C=O) groups excluding carboxylic acids is 1. The highest BCUT2D eigenvalue weighted by molar-refractivity contribution is 7.20. The molecule has 0 aromatic carbocycles. The number of rotatable bonds is 4. The molecule has 0 radical (unpaired) electrons. The van der Waals surface area contributed by atoms with Crippen molar-refractivity contribution in [2.75, 3.05) is 6.61 Å². The van der Waals surface area contributed by atoms with Crippen LogP contribution in [-0.4, -0.2) is 28.1 Å². The van der Waals surface area contributed by atoms with Crippen LogP contribution in [0.25, 0.3) is 10.2 Å². The molecule has 0 amide bonds. The third-order valence-corrected chi connectivity index (χ3v) is 5.72. The van der Waals surface area contributed by atoms with Crippen LogP contribution in [0.3, 0.4) is 0 Å². The Kier molecular flexibility index (Phi) is 4.72. The number of aryl methyl sites for hydroxylation is 1. The Morgan fingerprint density at radius 3 is 2.56 bits per heavy atom. The van der Waals surface area contributed by atoms with Crippen molar-refractivity contribution in [3.63, 3.8) is 0 Å². The second-order valence-electron chi connectivity index (χ2n) is 7.87. The molecule has 1 atom stereocenters. The maximum atomic E-state index is 13.1. The van der Waals surface area contributed by atoms with Gasteiger partial charge in [0.1, 0.15) is 4.83 Å². The van der Waals surface area contributed by atoms with Gasteiger partial charge in [-0.2, -0.15) is 0 Å². The molecule has 1 fully saturated rings. The van der Waals surface area contributed by atoms with Crippen LogP contribution in [0.2, 0.25) is 0 Å². The average molecular weight is 364 g/mol. The number of aldehydes is 1. The molecule has 0 saturated carbocycles. The lowest BCUT2D eigenvalue weighted by atomic mass is 9.97. The Labute approximate surface area is 150 Å². The van der Waals surface area contributed by atoms with E-state index >= 15 is 0 Å². The molecule has 2 aromatic heterocycles. The van der Waals surface area contributed by atoms with E-state index in [1.165, 1.54) is 15.9 Å². The van der Waals surface area contributed by atoms with Crippen molar-refractivity contribution in [3.05, 3.63) is 31.3 Å². The van der Waals surface area contributed by atoms with Crippen LogP contribution in [0.1, 0.15) is 48.8 Å². The van der Waals surface area contributed by atoms with Crippen LogP contribution < -0.4 is 11.2 Å². The molecule has 136 valence electrons. The molecule has 0 aliphatic carbocycles. The Morgan fingerprint density at radius 2 is 2.00 bits per heavy atom.